The lowest BCUT2D eigenvalue weighted by Crippen LogP contribution is -2.57. The second kappa shape index (κ2) is 7.16. The van der Waals surface area contributed by atoms with E-state index in [4.69, 9.17) is 0 Å². The number of aromatic nitrogens is 1. The maximum Gasteiger partial charge on any atom is 0.405 e. The monoisotopic (exact) mass is 394 g/mol. The predicted molar refractivity (Wildman–Crippen MR) is 89.1 cm³/mol. The minimum atomic E-state index is -4.51. The highest BCUT2D eigenvalue weighted by Crippen LogP contribution is 2.26. The number of alkyl halides is 3. The molecular weight excluding hydrogens is 377 g/mol. The molecule has 0 radical (unpaired) electrons. The smallest absolute Gasteiger partial charge is 0.314 e. The van der Waals surface area contributed by atoms with Crippen LogP contribution in [0.3, 0.4) is 0 Å². The molecule has 25 heavy (non-hydrogen) atoms. The Labute approximate surface area is 147 Å². The molecule has 1 aromatic heterocycles. The molecule has 0 amide bonds. The number of hydrogen-bond acceptors (Lipinski definition) is 6. The summed E-state index contributed by atoms with van der Waals surface area (Å²) in [5.74, 6) is 0. The van der Waals surface area contributed by atoms with E-state index in [0.29, 0.717) is 23.3 Å². The molecule has 6 nitrogen and oxygen atoms in total. The molecule has 1 aliphatic rings. The number of benzene rings is 1. The van der Waals surface area contributed by atoms with Gasteiger partial charge in [-0.05, 0) is 18.2 Å². The summed E-state index contributed by atoms with van der Waals surface area (Å²) in [5, 5.41) is 2.98. The zero-order valence-electron chi connectivity index (χ0n) is 13.1. The van der Waals surface area contributed by atoms with Gasteiger partial charge in [0.25, 0.3) is 0 Å². The van der Waals surface area contributed by atoms with E-state index < -0.39 is 28.8 Å². The van der Waals surface area contributed by atoms with E-state index in [2.05, 4.69) is 15.0 Å². The molecular formula is C14H17F3N4O2S2. The number of fused-ring (bicyclic) bond motifs is 1. The summed E-state index contributed by atoms with van der Waals surface area (Å²) in [7, 11) is -4.04. The molecule has 0 spiro atoms. The Bertz CT molecular complexity index is 832. The molecule has 1 saturated heterocycles. The minimum absolute atomic E-state index is 0.0644. The Morgan fingerprint density at radius 2 is 2.04 bits per heavy atom. The molecule has 2 heterocycles. The van der Waals surface area contributed by atoms with Crippen molar-refractivity contribution < 1.29 is 21.6 Å². The zero-order chi connectivity index (χ0) is 18.1. The van der Waals surface area contributed by atoms with Crippen molar-refractivity contribution in [2.45, 2.75) is 17.1 Å². The maximum absolute atomic E-state index is 13.3. The van der Waals surface area contributed by atoms with Crippen molar-refractivity contribution in [1.82, 2.24) is 19.9 Å². The van der Waals surface area contributed by atoms with Crippen molar-refractivity contribution in [1.29, 1.82) is 0 Å². The van der Waals surface area contributed by atoms with Gasteiger partial charge in [0, 0.05) is 32.7 Å². The fourth-order valence-corrected chi connectivity index (χ4v) is 4.58. The van der Waals surface area contributed by atoms with Crippen molar-refractivity contribution in [3.8, 4) is 0 Å². The van der Waals surface area contributed by atoms with E-state index in [1.54, 1.807) is 5.51 Å². The fraction of sp³-hybridized carbons (Fsp3) is 0.500. The first kappa shape index (κ1) is 18.5. The number of nitrogens with one attached hydrogen (secondary N) is 2. The van der Waals surface area contributed by atoms with Gasteiger partial charge in [-0.1, -0.05) is 0 Å². The third-order valence-corrected chi connectivity index (χ3v) is 6.26. The van der Waals surface area contributed by atoms with Crippen LogP contribution in [0.2, 0.25) is 0 Å². The number of piperazine rings is 1. The van der Waals surface area contributed by atoms with Crippen LogP contribution in [0.5, 0.6) is 0 Å². The van der Waals surface area contributed by atoms with Crippen molar-refractivity contribution in [2.24, 2.45) is 0 Å². The van der Waals surface area contributed by atoms with Gasteiger partial charge in [0.05, 0.1) is 20.6 Å². The average Bonchev–Trinajstić information content (AvgIpc) is 3.02. The standard InChI is InChI=1S/C14H17F3N4O2S2/c15-14(16,17)13(21-5-3-18-4-6-21)8-20-25(22,23)10-1-2-11-12(7-10)24-9-19-11/h1-2,7,9,13,18,20H,3-6,8H2. The van der Waals surface area contributed by atoms with Gasteiger partial charge in [-0.3, -0.25) is 4.90 Å². The summed E-state index contributed by atoms with van der Waals surface area (Å²) >= 11 is 1.27. The molecule has 0 aliphatic carbocycles. The zero-order valence-corrected chi connectivity index (χ0v) is 14.7. The number of halogens is 3. The second-order valence-electron chi connectivity index (χ2n) is 5.68. The molecule has 0 bridgehead atoms. The fourth-order valence-electron chi connectivity index (χ4n) is 2.72. The number of rotatable bonds is 5. The summed E-state index contributed by atoms with van der Waals surface area (Å²) in [6.07, 6.45) is -4.51. The number of nitrogens with zero attached hydrogens (tertiary/aromatic N) is 2. The Kier molecular flexibility index (Phi) is 5.30. The topological polar surface area (TPSA) is 74.3 Å². The van der Waals surface area contributed by atoms with E-state index in [1.165, 1.54) is 34.4 Å². The molecule has 2 aromatic rings. The molecule has 0 saturated carbocycles. The Balaban J connectivity index is 1.76. The normalized spacial score (nSPS) is 18.5. The summed E-state index contributed by atoms with van der Waals surface area (Å²) in [4.78, 5) is 5.24. The second-order valence-corrected chi connectivity index (χ2v) is 8.33. The van der Waals surface area contributed by atoms with Crippen molar-refractivity contribution in [2.75, 3.05) is 32.7 Å². The highest BCUT2D eigenvalue weighted by Gasteiger charge is 2.44. The molecule has 1 fully saturated rings. The first-order chi connectivity index (χ1) is 11.8. The van der Waals surface area contributed by atoms with Gasteiger partial charge in [-0.25, -0.2) is 18.1 Å². The van der Waals surface area contributed by atoms with Gasteiger partial charge in [0.1, 0.15) is 6.04 Å². The largest absolute Gasteiger partial charge is 0.405 e. The molecule has 1 atom stereocenters. The first-order valence-corrected chi connectivity index (χ1v) is 9.98. The number of sulfonamides is 1. The summed E-state index contributed by atoms with van der Waals surface area (Å²) in [6, 6.07) is 2.45. The van der Waals surface area contributed by atoms with E-state index in [0.717, 1.165) is 0 Å². The van der Waals surface area contributed by atoms with E-state index in [-0.39, 0.29) is 18.0 Å². The molecule has 1 unspecified atom stereocenters. The van der Waals surface area contributed by atoms with Gasteiger partial charge in [-0.2, -0.15) is 13.2 Å². The summed E-state index contributed by atoms with van der Waals surface area (Å²) in [5.41, 5.74) is 2.23. The van der Waals surface area contributed by atoms with Crippen LogP contribution in [-0.2, 0) is 10.0 Å². The first-order valence-electron chi connectivity index (χ1n) is 7.62. The van der Waals surface area contributed by atoms with E-state index in [1.807, 2.05) is 0 Å². The lowest BCUT2D eigenvalue weighted by molar-refractivity contribution is -0.182. The van der Waals surface area contributed by atoms with Gasteiger partial charge >= 0.3 is 6.18 Å². The van der Waals surface area contributed by atoms with Crippen LogP contribution < -0.4 is 10.0 Å². The van der Waals surface area contributed by atoms with Crippen LogP contribution in [0.15, 0.2) is 28.6 Å². The molecule has 2 N–H and O–H groups in total. The molecule has 3 rings (SSSR count). The quantitative estimate of drug-likeness (QED) is 0.802. The SMILES string of the molecule is O=S(=O)(NCC(N1CCNCC1)C(F)(F)F)c1ccc2ncsc2c1. The maximum atomic E-state index is 13.3. The van der Waals surface area contributed by atoms with Crippen LogP contribution in [-0.4, -0.2) is 63.2 Å². The third-order valence-electron chi connectivity index (χ3n) is 4.05. The van der Waals surface area contributed by atoms with E-state index in [9.17, 15) is 21.6 Å². The Morgan fingerprint density at radius 3 is 2.72 bits per heavy atom. The Morgan fingerprint density at radius 1 is 1.32 bits per heavy atom. The molecule has 1 aliphatic heterocycles. The van der Waals surface area contributed by atoms with Crippen molar-refractivity contribution in [3.63, 3.8) is 0 Å². The lowest BCUT2D eigenvalue weighted by atomic mass is 10.2. The average molecular weight is 394 g/mol. The Hall–Kier alpha value is -1.27. The van der Waals surface area contributed by atoms with Crippen molar-refractivity contribution >= 4 is 31.6 Å². The number of thiazole rings is 1. The third kappa shape index (κ3) is 4.29. The van der Waals surface area contributed by atoms with Gasteiger partial charge in [0.15, 0.2) is 0 Å². The highest BCUT2D eigenvalue weighted by molar-refractivity contribution is 7.89. The molecule has 1 aromatic carbocycles. The molecule has 138 valence electrons. The lowest BCUT2D eigenvalue weighted by Gasteiger charge is -2.35. The summed E-state index contributed by atoms with van der Waals surface area (Å²) in [6.45, 7) is 0.618. The van der Waals surface area contributed by atoms with Crippen LogP contribution >= 0.6 is 11.3 Å². The van der Waals surface area contributed by atoms with Crippen molar-refractivity contribution in [3.05, 3.63) is 23.7 Å². The van der Waals surface area contributed by atoms with E-state index >= 15 is 0 Å². The van der Waals surface area contributed by atoms with Gasteiger partial charge in [0.2, 0.25) is 10.0 Å². The summed E-state index contributed by atoms with van der Waals surface area (Å²) < 4.78 is 67.6. The van der Waals surface area contributed by atoms with Crippen LogP contribution in [0, 0.1) is 0 Å². The van der Waals surface area contributed by atoms with Crippen LogP contribution in [0.25, 0.3) is 10.2 Å². The van der Waals surface area contributed by atoms with Gasteiger partial charge < -0.3 is 5.32 Å². The minimum Gasteiger partial charge on any atom is -0.314 e. The predicted octanol–water partition coefficient (Wildman–Crippen LogP) is 1.41. The molecule has 11 heteroatoms. The number of hydrogen-bond donors (Lipinski definition) is 2. The van der Waals surface area contributed by atoms with Crippen LogP contribution in [0.4, 0.5) is 13.2 Å². The van der Waals surface area contributed by atoms with Crippen LogP contribution in [0.1, 0.15) is 0 Å². The van der Waals surface area contributed by atoms with Gasteiger partial charge in [-0.15, -0.1) is 11.3 Å². The highest BCUT2D eigenvalue weighted by atomic mass is 32.2.